The summed E-state index contributed by atoms with van der Waals surface area (Å²) >= 11 is 0. The summed E-state index contributed by atoms with van der Waals surface area (Å²) in [7, 11) is 0. The van der Waals surface area contributed by atoms with Crippen molar-refractivity contribution in [3.8, 4) is 11.5 Å². The number of unbranched alkanes of at least 4 members (excludes halogenated alkanes) is 1. The molecule has 5 nitrogen and oxygen atoms in total. The Morgan fingerprint density at radius 2 is 2.15 bits per heavy atom. The van der Waals surface area contributed by atoms with Crippen molar-refractivity contribution >= 4 is 5.97 Å². The van der Waals surface area contributed by atoms with Crippen molar-refractivity contribution < 1.29 is 18.7 Å². The molecule has 1 heterocycles. The van der Waals surface area contributed by atoms with Crippen molar-refractivity contribution in [1.82, 2.24) is 10.2 Å². The standard InChI is InChI=1S/C14H15FN2O3/c1-9-6-7-10(11(15)8-9)14-17-16-12(20-14)4-2-3-5-13(18)19/h6-8H,2-5H2,1H3,(H,18,19). The zero-order chi connectivity index (χ0) is 14.5. The SMILES string of the molecule is Cc1ccc(-c2nnc(CCCCC(=O)O)o2)c(F)c1. The first-order valence-electron chi connectivity index (χ1n) is 6.37. The number of carboxylic acid groups (broad SMARTS) is 1. The van der Waals surface area contributed by atoms with Gasteiger partial charge in [0.25, 0.3) is 5.89 Å². The molecule has 1 aromatic heterocycles. The quantitative estimate of drug-likeness (QED) is 0.822. The van der Waals surface area contributed by atoms with E-state index in [2.05, 4.69) is 10.2 Å². The highest BCUT2D eigenvalue weighted by Crippen LogP contribution is 2.22. The average molecular weight is 278 g/mol. The van der Waals surface area contributed by atoms with Gasteiger partial charge in [-0.25, -0.2) is 4.39 Å². The molecule has 0 fully saturated rings. The van der Waals surface area contributed by atoms with Gasteiger partial charge in [0.05, 0.1) is 5.56 Å². The monoisotopic (exact) mass is 278 g/mol. The van der Waals surface area contributed by atoms with Crippen LogP contribution in [0.1, 0.15) is 30.7 Å². The number of hydrogen-bond acceptors (Lipinski definition) is 4. The molecule has 20 heavy (non-hydrogen) atoms. The minimum Gasteiger partial charge on any atom is -0.481 e. The molecule has 0 radical (unpaired) electrons. The maximum atomic E-state index is 13.7. The number of aliphatic carboxylic acids is 1. The maximum Gasteiger partial charge on any atom is 0.303 e. The van der Waals surface area contributed by atoms with Crippen LogP contribution in [0, 0.1) is 12.7 Å². The van der Waals surface area contributed by atoms with Crippen LogP contribution in [0.15, 0.2) is 22.6 Å². The van der Waals surface area contributed by atoms with Gasteiger partial charge in [0.1, 0.15) is 5.82 Å². The fourth-order valence-corrected chi connectivity index (χ4v) is 1.81. The Hall–Kier alpha value is -2.24. The van der Waals surface area contributed by atoms with E-state index in [1.807, 2.05) is 0 Å². The van der Waals surface area contributed by atoms with E-state index in [4.69, 9.17) is 9.52 Å². The molecule has 1 aromatic carbocycles. The number of hydrogen-bond donors (Lipinski definition) is 1. The number of carboxylic acids is 1. The van der Waals surface area contributed by atoms with Gasteiger partial charge >= 0.3 is 5.97 Å². The normalized spacial score (nSPS) is 10.7. The molecule has 0 spiro atoms. The average Bonchev–Trinajstić information content (AvgIpc) is 2.83. The molecule has 106 valence electrons. The van der Waals surface area contributed by atoms with Gasteiger partial charge in [-0.2, -0.15) is 0 Å². The molecule has 0 unspecified atom stereocenters. The van der Waals surface area contributed by atoms with Crippen molar-refractivity contribution in [2.75, 3.05) is 0 Å². The van der Waals surface area contributed by atoms with Crippen LogP contribution in [0.25, 0.3) is 11.5 Å². The first-order chi connectivity index (χ1) is 9.56. The Bertz CT molecular complexity index is 610. The van der Waals surface area contributed by atoms with Gasteiger partial charge in [-0.3, -0.25) is 4.79 Å². The van der Waals surface area contributed by atoms with Crippen LogP contribution >= 0.6 is 0 Å². The van der Waals surface area contributed by atoms with E-state index in [0.29, 0.717) is 25.2 Å². The Labute approximate surface area is 115 Å². The second-order valence-electron chi connectivity index (χ2n) is 4.59. The lowest BCUT2D eigenvalue weighted by Gasteiger charge is -1.98. The van der Waals surface area contributed by atoms with Crippen molar-refractivity contribution in [3.05, 3.63) is 35.5 Å². The van der Waals surface area contributed by atoms with Gasteiger partial charge < -0.3 is 9.52 Å². The van der Waals surface area contributed by atoms with E-state index in [-0.39, 0.29) is 17.9 Å². The second kappa shape index (κ2) is 6.27. The van der Waals surface area contributed by atoms with Crippen LogP contribution in [0.3, 0.4) is 0 Å². The highest BCUT2D eigenvalue weighted by atomic mass is 19.1. The van der Waals surface area contributed by atoms with Gasteiger partial charge in [-0.15, -0.1) is 10.2 Å². The largest absolute Gasteiger partial charge is 0.481 e. The first kappa shape index (κ1) is 14.2. The van der Waals surface area contributed by atoms with Crippen molar-refractivity contribution in [1.29, 1.82) is 0 Å². The number of aromatic nitrogens is 2. The van der Waals surface area contributed by atoms with Gasteiger partial charge in [0.15, 0.2) is 0 Å². The van der Waals surface area contributed by atoms with Crippen molar-refractivity contribution in [2.45, 2.75) is 32.6 Å². The van der Waals surface area contributed by atoms with E-state index in [1.165, 1.54) is 6.07 Å². The fourth-order valence-electron chi connectivity index (χ4n) is 1.81. The topological polar surface area (TPSA) is 76.2 Å². The molecule has 0 amide bonds. The number of aryl methyl sites for hydroxylation is 2. The number of rotatable bonds is 6. The van der Waals surface area contributed by atoms with Crippen LogP contribution in [-0.2, 0) is 11.2 Å². The summed E-state index contributed by atoms with van der Waals surface area (Å²) in [6, 6.07) is 4.79. The summed E-state index contributed by atoms with van der Waals surface area (Å²) in [6.45, 7) is 1.80. The van der Waals surface area contributed by atoms with Crippen LogP contribution < -0.4 is 0 Å². The third-order valence-electron chi connectivity index (χ3n) is 2.85. The third-order valence-corrected chi connectivity index (χ3v) is 2.85. The van der Waals surface area contributed by atoms with E-state index in [0.717, 1.165) is 5.56 Å². The minimum atomic E-state index is -0.821. The molecule has 0 bridgehead atoms. The van der Waals surface area contributed by atoms with Crippen LogP contribution in [-0.4, -0.2) is 21.3 Å². The molecule has 0 aliphatic heterocycles. The summed E-state index contributed by atoms with van der Waals surface area (Å²) in [5, 5.41) is 16.2. The van der Waals surface area contributed by atoms with Crippen molar-refractivity contribution in [2.24, 2.45) is 0 Å². The molecule has 0 aliphatic rings. The van der Waals surface area contributed by atoms with E-state index >= 15 is 0 Å². The lowest BCUT2D eigenvalue weighted by molar-refractivity contribution is -0.137. The molecule has 6 heteroatoms. The fraction of sp³-hybridized carbons (Fsp3) is 0.357. The summed E-state index contributed by atoms with van der Waals surface area (Å²) in [5.41, 5.74) is 1.10. The molecular weight excluding hydrogens is 263 g/mol. The number of nitrogens with zero attached hydrogens (tertiary/aromatic N) is 2. The van der Waals surface area contributed by atoms with Gasteiger partial charge in [0.2, 0.25) is 5.89 Å². The first-order valence-corrected chi connectivity index (χ1v) is 6.37. The van der Waals surface area contributed by atoms with Crippen LogP contribution in [0.4, 0.5) is 4.39 Å². The zero-order valence-electron chi connectivity index (χ0n) is 11.1. The highest BCUT2D eigenvalue weighted by Gasteiger charge is 2.13. The molecule has 0 atom stereocenters. The van der Waals surface area contributed by atoms with E-state index < -0.39 is 11.8 Å². The predicted molar refractivity (Wildman–Crippen MR) is 69.6 cm³/mol. The maximum absolute atomic E-state index is 13.7. The van der Waals surface area contributed by atoms with Crippen LogP contribution in [0.5, 0.6) is 0 Å². The number of benzene rings is 1. The van der Waals surface area contributed by atoms with E-state index in [9.17, 15) is 9.18 Å². The molecule has 0 saturated carbocycles. The van der Waals surface area contributed by atoms with Gasteiger partial charge in [-0.05, 0) is 37.5 Å². The summed E-state index contributed by atoms with van der Waals surface area (Å²) in [6.07, 6.45) is 1.80. The third kappa shape index (κ3) is 3.63. The minimum absolute atomic E-state index is 0.119. The number of halogens is 1. The van der Waals surface area contributed by atoms with Gasteiger partial charge in [0, 0.05) is 12.8 Å². The Kier molecular flexibility index (Phi) is 4.45. The molecular formula is C14H15FN2O3. The summed E-state index contributed by atoms with van der Waals surface area (Å²) in [4.78, 5) is 10.4. The lowest BCUT2D eigenvalue weighted by Crippen LogP contribution is -1.95. The highest BCUT2D eigenvalue weighted by molar-refractivity contribution is 5.66. The molecule has 1 N–H and O–H groups in total. The summed E-state index contributed by atoms with van der Waals surface area (Å²) in [5.74, 6) is -0.676. The van der Waals surface area contributed by atoms with Gasteiger partial charge in [-0.1, -0.05) is 6.07 Å². The Morgan fingerprint density at radius 3 is 2.85 bits per heavy atom. The second-order valence-corrected chi connectivity index (χ2v) is 4.59. The molecule has 0 saturated heterocycles. The Morgan fingerprint density at radius 1 is 1.35 bits per heavy atom. The predicted octanol–water partition coefficient (Wildman–Crippen LogP) is 2.98. The van der Waals surface area contributed by atoms with E-state index in [1.54, 1.807) is 19.1 Å². The number of carbonyl (C=O) groups is 1. The van der Waals surface area contributed by atoms with Crippen LogP contribution in [0.2, 0.25) is 0 Å². The smallest absolute Gasteiger partial charge is 0.303 e. The summed E-state index contributed by atoms with van der Waals surface area (Å²) < 4.78 is 19.1. The van der Waals surface area contributed by atoms with Crippen molar-refractivity contribution in [3.63, 3.8) is 0 Å². The molecule has 2 rings (SSSR count). The Balaban J connectivity index is 1.99. The molecule has 2 aromatic rings. The zero-order valence-corrected chi connectivity index (χ0v) is 11.1. The lowest BCUT2D eigenvalue weighted by atomic mass is 10.1. The molecule has 0 aliphatic carbocycles.